The number of benzene rings is 1. The summed E-state index contributed by atoms with van der Waals surface area (Å²) in [6.07, 6.45) is 6.87. The van der Waals surface area contributed by atoms with Crippen molar-refractivity contribution in [2.45, 2.75) is 38.1 Å². The number of methoxy groups -OCH3 is 1. The molecule has 1 amide bonds. The van der Waals surface area contributed by atoms with Crippen molar-refractivity contribution in [1.29, 1.82) is 0 Å². The van der Waals surface area contributed by atoms with Gasteiger partial charge < -0.3 is 14.5 Å². The lowest BCUT2D eigenvalue weighted by atomic mass is 9.94. The number of piperazine rings is 2. The molecule has 1 saturated carbocycles. The van der Waals surface area contributed by atoms with E-state index in [-0.39, 0.29) is 0 Å². The number of ether oxygens (including phenoxy) is 1. The van der Waals surface area contributed by atoms with Crippen molar-refractivity contribution in [3.05, 3.63) is 24.3 Å². The highest BCUT2D eigenvalue weighted by Gasteiger charge is 2.28. The van der Waals surface area contributed by atoms with Crippen LogP contribution in [0.3, 0.4) is 0 Å². The Balaban J connectivity index is 1.19. The maximum atomic E-state index is 12.8. The number of hydrogen-bond acceptors (Lipinski definition) is 5. The van der Waals surface area contributed by atoms with Gasteiger partial charge >= 0.3 is 0 Å². The first-order valence-corrected chi connectivity index (χ1v) is 11.4. The fourth-order valence-electron chi connectivity index (χ4n) is 5.03. The monoisotopic (exact) mass is 400 g/mol. The Morgan fingerprint density at radius 3 is 2.17 bits per heavy atom. The lowest BCUT2D eigenvalue weighted by Crippen LogP contribution is -2.55. The first-order valence-electron chi connectivity index (χ1n) is 11.4. The molecule has 0 spiro atoms. The number of amides is 1. The molecule has 29 heavy (non-hydrogen) atoms. The average molecular weight is 401 g/mol. The lowest BCUT2D eigenvalue weighted by Gasteiger charge is -2.41. The number of hydrogen-bond donors (Lipinski definition) is 0. The van der Waals surface area contributed by atoms with Gasteiger partial charge in [0, 0.05) is 64.1 Å². The maximum absolute atomic E-state index is 12.8. The van der Waals surface area contributed by atoms with Crippen LogP contribution in [0.25, 0.3) is 0 Å². The summed E-state index contributed by atoms with van der Waals surface area (Å²) < 4.78 is 5.24. The predicted molar refractivity (Wildman–Crippen MR) is 117 cm³/mol. The number of nitrogens with zero attached hydrogens (tertiary/aromatic N) is 4. The van der Waals surface area contributed by atoms with Crippen molar-refractivity contribution in [1.82, 2.24) is 14.7 Å². The third-order valence-corrected chi connectivity index (χ3v) is 6.93. The van der Waals surface area contributed by atoms with Crippen LogP contribution in [0.4, 0.5) is 5.69 Å². The van der Waals surface area contributed by atoms with Gasteiger partial charge in [0.15, 0.2) is 0 Å². The molecule has 3 aliphatic rings. The minimum Gasteiger partial charge on any atom is -0.497 e. The second kappa shape index (κ2) is 9.81. The fraction of sp³-hybridized carbons (Fsp3) is 0.696. The Kier molecular flexibility index (Phi) is 6.93. The average Bonchev–Trinajstić information content (AvgIpc) is 2.80. The summed E-state index contributed by atoms with van der Waals surface area (Å²) in [6, 6.07) is 9.03. The van der Waals surface area contributed by atoms with Crippen molar-refractivity contribution < 1.29 is 9.53 Å². The van der Waals surface area contributed by atoms with Crippen LogP contribution >= 0.6 is 0 Å². The van der Waals surface area contributed by atoms with Gasteiger partial charge in [0.25, 0.3) is 0 Å². The first kappa shape index (κ1) is 20.5. The molecule has 2 aliphatic heterocycles. The van der Waals surface area contributed by atoms with Gasteiger partial charge in [0.05, 0.1) is 13.7 Å². The molecule has 0 atom stereocenters. The van der Waals surface area contributed by atoms with Gasteiger partial charge in [-0.15, -0.1) is 0 Å². The maximum Gasteiger partial charge on any atom is 0.236 e. The molecule has 0 bridgehead atoms. The molecule has 0 aromatic heterocycles. The summed E-state index contributed by atoms with van der Waals surface area (Å²) in [5.41, 5.74) is 1.23. The Hall–Kier alpha value is -1.79. The van der Waals surface area contributed by atoms with E-state index in [1.807, 2.05) is 12.1 Å². The fourth-order valence-corrected chi connectivity index (χ4v) is 5.03. The van der Waals surface area contributed by atoms with Crippen LogP contribution in [0.15, 0.2) is 24.3 Å². The minimum atomic E-state index is 0.311. The van der Waals surface area contributed by atoms with Crippen molar-refractivity contribution in [3.8, 4) is 5.75 Å². The number of rotatable bonds is 5. The largest absolute Gasteiger partial charge is 0.497 e. The van der Waals surface area contributed by atoms with E-state index in [0.717, 1.165) is 64.1 Å². The van der Waals surface area contributed by atoms with Crippen LogP contribution in [-0.2, 0) is 4.79 Å². The first-order chi connectivity index (χ1) is 14.2. The number of anilines is 1. The van der Waals surface area contributed by atoms with Gasteiger partial charge in [0.1, 0.15) is 5.75 Å². The molecule has 6 nitrogen and oxygen atoms in total. The molecule has 1 aliphatic carbocycles. The summed E-state index contributed by atoms with van der Waals surface area (Å²) in [5, 5.41) is 0. The van der Waals surface area contributed by atoms with Gasteiger partial charge in [-0.1, -0.05) is 19.3 Å². The summed E-state index contributed by atoms with van der Waals surface area (Å²) in [7, 11) is 1.70. The molecule has 0 radical (unpaired) electrons. The van der Waals surface area contributed by atoms with E-state index in [9.17, 15) is 4.79 Å². The van der Waals surface area contributed by atoms with Gasteiger partial charge in [-0.3, -0.25) is 14.6 Å². The third-order valence-electron chi connectivity index (χ3n) is 6.93. The Labute approximate surface area is 175 Å². The van der Waals surface area contributed by atoms with E-state index < -0.39 is 0 Å². The second-order valence-corrected chi connectivity index (χ2v) is 8.67. The van der Waals surface area contributed by atoms with Crippen molar-refractivity contribution in [2.24, 2.45) is 0 Å². The van der Waals surface area contributed by atoms with Crippen LogP contribution in [0, 0.1) is 0 Å². The molecule has 160 valence electrons. The van der Waals surface area contributed by atoms with E-state index in [0.29, 0.717) is 12.5 Å². The van der Waals surface area contributed by atoms with Gasteiger partial charge in [-0.05, 0) is 37.1 Å². The van der Waals surface area contributed by atoms with E-state index >= 15 is 0 Å². The molecule has 0 unspecified atom stereocenters. The zero-order chi connectivity index (χ0) is 20.1. The van der Waals surface area contributed by atoms with Crippen LogP contribution in [0.1, 0.15) is 32.1 Å². The molecule has 6 heteroatoms. The number of carbonyl (C=O) groups excluding carboxylic acids is 1. The predicted octanol–water partition coefficient (Wildman–Crippen LogP) is 2.29. The Morgan fingerprint density at radius 2 is 1.55 bits per heavy atom. The SMILES string of the molecule is COc1ccc(N2CCN(CC(=O)N3CCN(C4CCCCC4)CC3)CC2)cc1. The van der Waals surface area contributed by atoms with E-state index in [4.69, 9.17) is 4.74 Å². The molecule has 2 heterocycles. The van der Waals surface area contributed by atoms with E-state index in [1.54, 1.807) is 7.11 Å². The smallest absolute Gasteiger partial charge is 0.236 e. The van der Waals surface area contributed by atoms with Gasteiger partial charge in [-0.2, -0.15) is 0 Å². The molecule has 2 saturated heterocycles. The van der Waals surface area contributed by atoms with Crippen LogP contribution in [0.5, 0.6) is 5.75 Å². The highest BCUT2D eigenvalue weighted by molar-refractivity contribution is 5.78. The zero-order valence-corrected chi connectivity index (χ0v) is 17.9. The van der Waals surface area contributed by atoms with Crippen LogP contribution in [-0.4, -0.2) is 92.7 Å². The third kappa shape index (κ3) is 5.23. The normalized spacial score (nSPS) is 22.7. The highest BCUT2D eigenvalue weighted by atomic mass is 16.5. The molecule has 4 rings (SSSR count). The van der Waals surface area contributed by atoms with E-state index in [2.05, 4.69) is 31.7 Å². The molecule has 1 aromatic carbocycles. The van der Waals surface area contributed by atoms with Gasteiger partial charge in [-0.25, -0.2) is 0 Å². The molecule has 0 N–H and O–H groups in total. The Morgan fingerprint density at radius 1 is 0.897 bits per heavy atom. The number of carbonyl (C=O) groups is 1. The van der Waals surface area contributed by atoms with Gasteiger partial charge in [0.2, 0.25) is 5.91 Å². The molecule has 3 fully saturated rings. The summed E-state index contributed by atoms with van der Waals surface area (Å²) in [6.45, 7) is 8.31. The standard InChI is InChI=1S/C23H36N4O2/c1-29-22-9-7-21(8-10-22)25-13-11-24(12-14-25)19-23(28)27-17-15-26(16-18-27)20-5-3-2-4-6-20/h7-10,20H,2-6,11-19H2,1H3. The lowest BCUT2D eigenvalue weighted by molar-refractivity contribution is -0.134. The van der Waals surface area contributed by atoms with E-state index in [1.165, 1.54) is 37.8 Å². The molecule has 1 aromatic rings. The van der Waals surface area contributed by atoms with Crippen molar-refractivity contribution in [3.63, 3.8) is 0 Å². The zero-order valence-electron chi connectivity index (χ0n) is 17.9. The highest BCUT2D eigenvalue weighted by Crippen LogP contribution is 2.24. The minimum absolute atomic E-state index is 0.311. The summed E-state index contributed by atoms with van der Waals surface area (Å²) in [4.78, 5) is 22.2. The summed E-state index contributed by atoms with van der Waals surface area (Å²) >= 11 is 0. The quantitative estimate of drug-likeness (QED) is 0.758. The molecular formula is C23H36N4O2. The van der Waals surface area contributed by atoms with Crippen molar-refractivity contribution in [2.75, 3.05) is 70.9 Å². The topological polar surface area (TPSA) is 39.3 Å². The summed E-state index contributed by atoms with van der Waals surface area (Å²) in [5.74, 6) is 1.20. The second-order valence-electron chi connectivity index (χ2n) is 8.67. The van der Waals surface area contributed by atoms with Crippen LogP contribution < -0.4 is 9.64 Å². The van der Waals surface area contributed by atoms with Crippen molar-refractivity contribution >= 4 is 11.6 Å². The molecular weight excluding hydrogens is 364 g/mol. The van der Waals surface area contributed by atoms with Crippen LogP contribution in [0.2, 0.25) is 0 Å². The Bertz CT molecular complexity index is 643.